The predicted octanol–water partition coefficient (Wildman–Crippen LogP) is 0.510. The molecule has 6 heteroatoms. The monoisotopic (exact) mass is 255 g/mol. The van der Waals surface area contributed by atoms with Crippen molar-refractivity contribution in [1.82, 2.24) is 9.97 Å². The van der Waals surface area contributed by atoms with Crippen LogP contribution in [0.5, 0.6) is 0 Å². The summed E-state index contributed by atoms with van der Waals surface area (Å²) in [7, 11) is 1.62. The summed E-state index contributed by atoms with van der Waals surface area (Å²) < 4.78 is 10.2. The predicted molar refractivity (Wildman–Crippen MR) is 69.7 cm³/mol. The van der Waals surface area contributed by atoms with E-state index < -0.39 is 0 Å². The average molecular weight is 255 g/mol. The number of aromatic nitrogens is 2. The van der Waals surface area contributed by atoms with Crippen molar-refractivity contribution in [2.24, 2.45) is 0 Å². The number of hydrogen-bond acceptors (Lipinski definition) is 5. The normalized spacial score (nSPS) is 10.8. The minimum atomic E-state index is -0.142. The van der Waals surface area contributed by atoms with Crippen LogP contribution in [0, 0.1) is 0 Å². The molecule has 0 aromatic carbocycles. The quantitative estimate of drug-likeness (QED) is 0.660. The summed E-state index contributed by atoms with van der Waals surface area (Å²) in [6.45, 7) is 3.57. The van der Waals surface area contributed by atoms with E-state index >= 15 is 0 Å². The van der Waals surface area contributed by atoms with Crippen molar-refractivity contribution in [3.8, 4) is 0 Å². The fourth-order valence-electron chi connectivity index (χ4n) is 1.59. The molecule has 0 saturated heterocycles. The second-order valence-electron chi connectivity index (χ2n) is 3.98. The van der Waals surface area contributed by atoms with Crippen LogP contribution < -0.4 is 11.3 Å². The van der Waals surface area contributed by atoms with Gasteiger partial charge in [-0.25, -0.2) is 4.98 Å². The molecule has 0 bridgehead atoms. The van der Waals surface area contributed by atoms with Crippen molar-refractivity contribution in [3.63, 3.8) is 0 Å². The van der Waals surface area contributed by atoms with E-state index in [4.69, 9.17) is 15.2 Å². The number of nitrogens with one attached hydrogen (secondary N) is 1. The van der Waals surface area contributed by atoms with Crippen molar-refractivity contribution in [2.45, 2.75) is 26.2 Å². The van der Waals surface area contributed by atoms with Gasteiger partial charge in [-0.05, 0) is 6.42 Å². The molecule has 0 aliphatic rings. The fourth-order valence-corrected chi connectivity index (χ4v) is 1.59. The number of nitrogens with zero attached hydrogens (tertiary/aromatic N) is 1. The second-order valence-corrected chi connectivity index (χ2v) is 3.98. The first-order valence-electron chi connectivity index (χ1n) is 6.13. The molecule has 0 aliphatic heterocycles. The van der Waals surface area contributed by atoms with Gasteiger partial charge in [0.15, 0.2) is 0 Å². The largest absolute Gasteiger partial charge is 0.383 e. The third kappa shape index (κ3) is 4.46. The summed E-state index contributed by atoms with van der Waals surface area (Å²) in [5, 5.41) is 0. The highest BCUT2D eigenvalue weighted by Crippen LogP contribution is 2.05. The van der Waals surface area contributed by atoms with Crippen molar-refractivity contribution in [3.05, 3.63) is 21.7 Å². The lowest BCUT2D eigenvalue weighted by Crippen LogP contribution is -2.20. The average Bonchev–Trinajstić information content (AvgIpc) is 2.33. The van der Waals surface area contributed by atoms with E-state index in [1.165, 1.54) is 0 Å². The van der Waals surface area contributed by atoms with Crippen LogP contribution in [0.15, 0.2) is 4.79 Å². The molecule has 0 spiro atoms. The van der Waals surface area contributed by atoms with Crippen molar-refractivity contribution < 1.29 is 9.47 Å². The molecule has 0 amide bonds. The first-order chi connectivity index (χ1) is 8.69. The maximum absolute atomic E-state index is 11.7. The fraction of sp³-hybridized carbons (Fsp3) is 0.667. The van der Waals surface area contributed by atoms with Gasteiger partial charge in [0.05, 0.1) is 25.4 Å². The summed E-state index contributed by atoms with van der Waals surface area (Å²) >= 11 is 0. The lowest BCUT2D eigenvalue weighted by atomic mass is 10.2. The number of hydrogen-bond donors (Lipinski definition) is 2. The van der Waals surface area contributed by atoms with E-state index in [-0.39, 0.29) is 5.56 Å². The summed E-state index contributed by atoms with van der Waals surface area (Å²) in [6.07, 6.45) is 2.06. The number of rotatable bonds is 8. The number of nitrogens with two attached hydrogens (primary N) is 1. The van der Waals surface area contributed by atoms with Gasteiger partial charge < -0.3 is 20.2 Å². The summed E-state index contributed by atoms with van der Waals surface area (Å²) in [5.74, 6) is 0.891. The topological polar surface area (TPSA) is 90.2 Å². The first kappa shape index (κ1) is 14.7. The van der Waals surface area contributed by atoms with Gasteiger partial charge in [-0.15, -0.1) is 0 Å². The molecule has 1 aromatic rings. The smallest absolute Gasteiger partial charge is 0.256 e. The molecular formula is C12H21N3O3. The zero-order valence-electron chi connectivity index (χ0n) is 11.0. The molecule has 0 unspecified atom stereocenters. The van der Waals surface area contributed by atoms with Crippen LogP contribution in [0.4, 0.5) is 5.82 Å². The van der Waals surface area contributed by atoms with Crippen LogP contribution in [0.3, 0.4) is 0 Å². The van der Waals surface area contributed by atoms with E-state index in [9.17, 15) is 4.79 Å². The number of anilines is 1. The lowest BCUT2D eigenvalue weighted by molar-refractivity contribution is 0.0716. The van der Waals surface area contributed by atoms with Crippen LogP contribution in [0.25, 0.3) is 0 Å². The van der Waals surface area contributed by atoms with E-state index in [1.54, 1.807) is 7.11 Å². The maximum atomic E-state index is 11.7. The minimum absolute atomic E-state index is 0.142. The number of methoxy groups -OCH3 is 1. The highest BCUT2D eigenvalue weighted by molar-refractivity contribution is 5.37. The summed E-state index contributed by atoms with van der Waals surface area (Å²) in [6, 6.07) is 0. The van der Waals surface area contributed by atoms with Crippen molar-refractivity contribution in [2.75, 3.05) is 32.7 Å². The van der Waals surface area contributed by atoms with E-state index in [0.717, 1.165) is 6.42 Å². The van der Waals surface area contributed by atoms with Crippen LogP contribution in [0.1, 0.15) is 24.7 Å². The van der Waals surface area contributed by atoms with Gasteiger partial charge in [-0.1, -0.05) is 13.3 Å². The summed E-state index contributed by atoms with van der Waals surface area (Å²) in [4.78, 5) is 18.7. The number of aromatic amines is 1. The van der Waals surface area contributed by atoms with E-state index in [0.29, 0.717) is 49.9 Å². The van der Waals surface area contributed by atoms with Crippen LogP contribution in [0.2, 0.25) is 0 Å². The van der Waals surface area contributed by atoms with Gasteiger partial charge in [0.2, 0.25) is 0 Å². The molecule has 0 saturated carbocycles. The Balaban J connectivity index is 2.55. The first-order valence-corrected chi connectivity index (χ1v) is 6.13. The molecule has 1 rings (SSSR count). The highest BCUT2D eigenvalue weighted by Gasteiger charge is 2.07. The van der Waals surface area contributed by atoms with Crippen molar-refractivity contribution in [1.29, 1.82) is 0 Å². The van der Waals surface area contributed by atoms with Crippen LogP contribution in [-0.4, -0.2) is 36.9 Å². The molecule has 18 heavy (non-hydrogen) atoms. The van der Waals surface area contributed by atoms with Gasteiger partial charge in [-0.2, -0.15) is 0 Å². The Labute approximate surface area is 107 Å². The Hall–Kier alpha value is -1.40. The zero-order chi connectivity index (χ0) is 13.4. The van der Waals surface area contributed by atoms with Gasteiger partial charge in [0, 0.05) is 13.5 Å². The SMILES string of the molecule is CCCc1c(N)nc(CCOCCOC)[nH]c1=O. The number of nitrogen functional groups attached to an aromatic ring is 1. The maximum Gasteiger partial charge on any atom is 0.256 e. The molecule has 0 aliphatic carbocycles. The lowest BCUT2D eigenvalue weighted by Gasteiger charge is -2.06. The molecule has 102 valence electrons. The van der Waals surface area contributed by atoms with Gasteiger partial charge in [0.1, 0.15) is 11.6 Å². The zero-order valence-corrected chi connectivity index (χ0v) is 11.0. The van der Waals surface area contributed by atoms with Crippen LogP contribution >= 0.6 is 0 Å². The molecule has 6 nitrogen and oxygen atoms in total. The highest BCUT2D eigenvalue weighted by atomic mass is 16.5. The van der Waals surface area contributed by atoms with Gasteiger partial charge >= 0.3 is 0 Å². The minimum Gasteiger partial charge on any atom is -0.383 e. The number of ether oxygens (including phenoxy) is 2. The standard InChI is InChI=1S/C12H21N3O3/c1-3-4-9-11(13)14-10(15-12(9)16)5-6-18-8-7-17-2/h3-8H2,1-2H3,(H3,13,14,15,16). The molecule has 0 fully saturated rings. The second kappa shape index (κ2) is 7.84. The van der Waals surface area contributed by atoms with Gasteiger partial charge in [0.25, 0.3) is 5.56 Å². The Morgan fingerprint density at radius 3 is 2.67 bits per heavy atom. The summed E-state index contributed by atoms with van der Waals surface area (Å²) in [5.41, 5.74) is 6.20. The van der Waals surface area contributed by atoms with Gasteiger partial charge in [-0.3, -0.25) is 4.79 Å². The Morgan fingerprint density at radius 1 is 1.28 bits per heavy atom. The Kier molecular flexibility index (Phi) is 6.38. The third-order valence-electron chi connectivity index (χ3n) is 2.51. The van der Waals surface area contributed by atoms with Crippen LogP contribution in [-0.2, 0) is 22.3 Å². The molecular weight excluding hydrogens is 234 g/mol. The van der Waals surface area contributed by atoms with E-state index in [2.05, 4.69) is 9.97 Å². The molecule has 0 radical (unpaired) electrons. The molecule has 1 aromatic heterocycles. The van der Waals surface area contributed by atoms with E-state index in [1.807, 2.05) is 6.92 Å². The molecule has 3 N–H and O–H groups in total. The Bertz CT molecular complexity index is 418. The molecule has 1 heterocycles. The van der Waals surface area contributed by atoms with Crippen molar-refractivity contribution >= 4 is 5.82 Å². The third-order valence-corrected chi connectivity index (χ3v) is 2.51. The number of H-pyrrole nitrogens is 1. The Morgan fingerprint density at radius 2 is 2.06 bits per heavy atom. The molecule has 0 atom stereocenters.